The zero-order valence-electron chi connectivity index (χ0n) is 9.02. The number of carbonyl (C=O) groups excluding carboxylic acids is 1. The fourth-order valence-electron chi connectivity index (χ4n) is 1.34. The lowest BCUT2D eigenvalue weighted by molar-refractivity contribution is -0.131. The number of carbonyl (C=O) groups is 2. The largest absolute Gasteiger partial charge is 0.507 e. The molecule has 16 heavy (non-hydrogen) atoms. The SMILES string of the molecule is CC(=O)c1cc(C)c(C=CC(=O)O)cc1O. The van der Waals surface area contributed by atoms with Gasteiger partial charge in [0.2, 0.25) is 0 Å². The number of Topliss-reactive ketones (excluding diaryl/α,β-unsaturated/α-hetero) is 1. The Morgan fingerprint density at radius 2 is 1.94 bits per heavy atom. The van der Waals surface area contributed by atoms with Crippen molar-refractivity contribution in [2.45, 2.75) is 13.8 Å². The summed E-state index contributed by atoms with van der Waals surface area (Å²) in [5, 5.41) is 18.0. The van der Waals surface area contributed by atoms with Crippen LogP contribution in [0, 0.1) is 6.92 Å². The maximum absolute atomic E-state index is 11.1. The van der Waals surface area contributed by atoms with E-state index < -0.39 is 5.97 Å². The summed E-state index contributed by atoms with van der Waals surface area (Å²) >= 11 is 0. The van der Waals surface area contributed by atoms with Crippen LogP contribution in [-0.4, -0.2) is 22.0 Å². The van der Waals surface area contributed by atoms with Gasteiger partial charge in [-0.3, -0.25) is 4.79 Å². The normalized spacial score (nSPS) is 10.6. The van der Waals surface area contributed by atoms with Crippen LogP contribution in [0.4, 0.5) is 0 Å². The molecule has 0 bridgehead atoms. The van der Waals surface area contributed by atoms with Gasteiger partial charge in [0.05, 0.1) is 5.56 Å². The Hall–Kier alpha value is -2.10. The molecule has 0 aromatic heterocycles. The third kappa shape index (κ3) is 2.70. The summed E-state index contributed by atoms with van der Waals surface area (Å²) in [4.78, 5) is 21.5. The number of ketones is 1. The Bertz CT molecular complexity index is 472. The first-order valence-electron chi connectivity index (χ1n) is 4.67. The van der Waals surface area contributed by atoms with E-state index in [9.17, 15) is 14.7 Å². The number of aryl methyl sites for hydroxylation is 1. The van der Waals surface area contributed by atoms with Crippen LogP contribution in [0.25, 0.3) is 6.08 Å². The van der Waals surface area contributed by atoms with Gasteiger partial charge in [-0.25, -0.2) is 4.79 Å². The van der Waals surface area contributed by atoms with Gasteiger partial charge >= 0.3 is 5.97 Å². The van der Waals surface area contributed by atoms with E-state index in [0.717, 1.165) is 11.6 Å². The van der Waals surface area contributed by atoms with Crippen LogP contribution in [0.3, 0.4) is 0 Å². The molecule has 0 fully saturated rings. The number of carboxylic acids is 1. The summed E-state index contributed by atoms with van der Waals surface area (Å²) < 4.78 is 0. The zero-order chi connectivity index (χ0) is 12.3. The first kappa shape index (κ1) is 12.0. The molecular formula is C12H12O4. The molecule has 0 heterocycles. The molecule has 4 nitrogen and oxygen atoms in total. The van der Waals surface area contributed by atoms with E-state index in [1.54, 1.807) is 13.0 Å². The maximum atomic E-state index is 11.1. The van der Waals surface area contributed by atoms with Gasteiger partial charge in [-0.05, 0) is 43.2 Å². The molecule has 4 heteroatoms. The van der Waals surface area contributed by atoms with Gasteiger partial charge < -0.3 is 10.2 Å². The first-order chi connectivity index (χ1) is 7.41. The van der Waals surface area contributed by atoms with Crippen LogP contribution in [0.2, 0.25) is 0 Å². The van der Waals surface area contributed by atoms with Crippen molar-refractivity contribution in [3.63, 3.8) is 0 Å². The molecule has 0 radical (unpaired) electrons. The number of hydrogen-bond donors (Lipinski definition) is 2. The number of carboxylic acid groups (broad SMARTS) is 1. The number of phenols is 1. The second-order valence-electron chi connectivity index (χ2n) is 3.45. The molecule has 0 aliphatic rings. The average Bonchev–Trinajstić information content (AvgIpc) is 2.18. The van der Waals surface area contributed by atoms with E-state index in [2.05, 4.69) is 0 Å². The molecule has 1 aromatic rings. The summed E-state index contributed by atoms with van der Waals surface area (Å²) in [6.07, 6.45) is 2.36. The number of hydrogen-bond acceptors (Lipinski definition) is 3. The summed E-state index contributed by atoms with van der Waals surface area (Å²) in [5.41, 5.74) is 1.55. The maximum Gasteiger partial charge on any atom is 0.328 e. The predicted molar refractivity (Wildman–Crippen MR) is 59.5 cm³/mol. The molecule has 0 aliphatic carbocycles. The van der Waals surface area contributed by atoms with E-state index in [1.807, 2.05) is 0 Å². The number of phenolic OH excluding ortho intramolecular Hbond substituents is 1. The summed E-state index contributed by atoms with van der Waals surface area (Å²) in [5.74, 6) is -1.42. The van der Waals surface area contributed by atoms with Crippen LogP contribution in [0.1, 0.15) is 28.4 Å². The first-order valence-corrected chi connectivity index (χ1v) is 4.67. The van der Waals surface area contributed by atoms with Crippen molar-refractivity contribution in [2.75, 3.05) is 0 Å². The second kappa shape index (κ2) is 4.61. The molecule has 0 unspecified atom stereocenters. The van der Waals surface area contributed by atoms with Gasteiger partial charge in [0, 0.05) is 6.08 Å². The fraction of sp³-hybridized carbons (Fsp3) is 0.167. The van der Waals surface area contributed by atoms with Crippen molar-refractivity contribution in [3.8, 4) is 5.75 Å². The summed E-state index contributed by atoms with van der Waals surface area (Å²) in [6, 6.07) is 2.92. The highest BCUT2D eigenvalue weighted by Crippen LogP contribution is 2.23. The third-order valence-electron chi connectivity index (χ3n) is 2.17. The lowest BCUT2D eigenvalue weighted by atomic mass is 10.0. The second-order valence-corrected chi connectivity index (χ2v) is 3.45. The summed E-state index contributed by atoms with van der Waals surface area (Å²) in [6.45, 7) is 3.11. The summed E-state index contributed by atoms with van der Waals surface area (Å²) in [7, 11) is 0. The van der Waals surface area contributed by atoms with Crippen LogP contribution in [-0.2, 0) is 4.79 Å². The minimum absolute atomic E-state index is 0.136. The standard InChI is InChI=1S/C12H12O4/c1-7-5-10(8(2)13)11(14)6-9(7)3-4-12(15)16/h3-6,14H,1-2H3,(H,15,16). The van der Waals surface area contributed by atoms with Crippen molar-refractivity contribution in [3.05, 3.63) is 34.9 Å². The predicted octanol–water partition coefficient (Wildman–Crippen LogP) is 2.00. The van der Waals surface area contributed by atoms with E-state index in [-0.39, 0.29) is 17.1 Å². The van der Waals surface area contributed by atoms with Crippen molar-refractivity contribution in [1.29, 1.82) is 0 Å². The quantitative estimate of drug-likeness (QED) is 0.603. The number of aromatic hydroxyl groups is 1. The molecule has 84 valence electrons. The molecule has 1 aromatic carbocycles. The highest BCUT2D eigenvalue weighted by molar-refractivity contribution is 5.97. The topological polar surface area (TPSA) is 74.6 Å². The van der Waals surface area contributed by atoms with Gasteiger partial charge in [-0.15, -0.1) is 0 Å². The lowest BCUT2D eigenvalue weighted by Crippen LogP contribution is -1.95. The van der Waals surface area contributed by atoms with E-state index in [1.165, 1.54) is 19.1 Å². The molecule has 0 saturated carbocycles. The molecule has 0 spiro atoms. The monoisotopic (exact) mass is 220 g/mol. The molecule has 0 atom stereocenters. The van der Waals surface area contributed by atoms with Gasteiger partial charge in [0.15, 0.2) is 5.78 Å². The van der Waals surface area contributed by atoms with Crippen molar-refractivity contribution >= 4 is 17.8 Å². The highest BCUT2D eigenvalue weighted by Gasteiger charge is 2.08. The molecule has 1 rings (SSSR count). The van der Waals surface area contributed by atoms with Gasteiger partial charge in [0.25, 0.3) is 0 Å². The lowest BCUT2D eigenvalue weighted by Gasteiger charge is -2.05. The van der Waals surface area contributed by atoms with Crippen molar-refractivity contribution < 1.29 is 19.8 Å². The minimum atomic E-state index is -1.06. The smallest absolute Gasteiger partial charge is 0.328 e. The molecular weight excluding hydrogens is 208 g/mol. The average molecular weight is 220 g/mol. The van der Waals surface area contributed by atoms with Gasteiger partial charge in [0.1, 0.15) is 5.75 Å². The Morgan fingerprint density at radius 1 is 1.31 bits per heavy atom. The van der Waals surface area contributed by atoms with Crippen LogP contribution < -0.4 is 0 Å². The third-order valence-corrected chi connectivity index (χ3v) is 2.17. The van der Waals surface area contributed by atoms with Crippen LogP contribution >= 0.6 is 0 Å². The van der Waals surface area contributed by atoms with E-state index >= 15 is 0 Å². The number of aliphatic carboxylic acids is 1. The Morgan fingerprint density at radius 3 is 2.44 bits per heavy atom. The van der Waals surface area contributed by atoms with Gasteiger partial charge in [-0.2, -0.15) is 0 Å². The molecule has 0 amide bonds. The van der Waals surface area contributed by atoms with Crippen LogP contribution in [0.15, 0.2) is 18.2 Å². The minimum Gasteiger partial charge on any atom is -0.507 e. The van der Waals surface area contributed by atoms with Crippen molar-refractivity contribution in [1.82, 2.24) is 0 Å². The van der Waals surface area contributed by atoms with Gasteiger partial charge in [-0.1, -0.05) is 0 Å². The molecule has 0 saturated heterocycles. The highest BCUT2D eigenvalue weighted by atomic mass is 16.4. The Labute approximate surface area is 92.8 Å². The Kier molecular flexibility index (Phi) is 3.45. The van der Waals surface area contributed by atoms with Crippen LogP contribution in [0.5, 0.6) is 5.75 Å². The molecule has 0 aliphatic heterocycles. The molecule has 2 N–H and O–H groups in total. The number of rotatable bonds is 3. The fourth-order valence-corrected chi connectivity index (χ4v) is 1.34. The van der Waals surface area contributed by atoms with E-state index in [4.69, 9.17) is 5.11 Å². The zero-order valence-corrected chi connectivity index (χ0v) is 9.02. The van der Waals surface area contributed by atoms with Crippen molar-refractivity contribution in [2.24, 2.45) is 0 Å². The number of benzene rings is 1. The Balaban J connectivity index is 3.20. The van der Waals surface area contributed by atoms with E-state index in [0.29, 0.717) is 5.56 Å².